The van der Waals surface area contributed by atoms with Crippen molar-refractivity contribution in [3.8, 4) is 11.5 Å². The summed E-state index contributed by atoms with van der Waals surface area (Å²) < 4.78 is 37.5. The van der Waals surface area contributed by atoms with Crippen LogP contribution >= 0.6 is 0 Å². The lowest BCUT2D eigenvalue weighted by molar-refractivity contribution is -0.343. The second-order valence-electron chi connectivity index (χ2n) is 19.0. The highest BCUT2D eigenvalue weighted by Crippen LogP contribution is 2.43. The molecule has 0 unspecified atom stereocenters. The molecule has 320 valence electrons. The van der Waals surface area contributed by atoms with Crippen molar-refractivity contribution in [2.45, 2.75) is 158 Å². The predicted molar refractivity (Wildman–Crippen MR) is 221 cm³/mol. The van der Waals surface area contributed by atoms with Crippen LogP contribution in [-0.4, -0.2) is 74.4 Å². The van der Waals surface area contributed by atoms with E-state index in [1.54, 1.807) is 0 Å². The Balaban J connectivity index is 1.28. The third kappa shape index (κ3) is 11.1. The monoisotopic (exact) mass is 797 g/mol. The molecule has 2 aromatic carbocycles. The van der Waals surface area contributed by atoms with E-state index in [0.717, 1.165) is 33.4 Å². The SMILES string of the molecule is CCC(CC)(COC(=O)CCc1cc(C)c(O)c(C(C)(C)C)c1)C1OCC2(CO1)COC(C(CC)(CC)COC(=O)CCc1cc(C)c(O)c(C(C)(C)C)c1)OC2. The number of aromatic hydroxyl groups is 2. The Morgan fingerprint density at radius 2 is 0.930 bits per heavy atom. The molecule has 1 spiro atoms. The lowest BCUT2D eigenvalue weighted by Gasteiger charge is -2.50. The highest BCUT2D eigenvalue weighted by atomic mass is 16.7. The summed E-state index contributed by atoms with van der Waals surface area (Å²) in [6.45, 7) is 26.3. The second-order valence-corrected chi connectivity index (χ2v) is 19.0. The van der Waals surface area contributed by atoms with E-state index in [4.69, 9.17) is 28.4 Å². The van der Waals surface area contributed by atoms with Gasteiger partial charge in [-0.25, -0.2) is 0 Å². The number of ether oxygens (including phenoxy) is 6. The smallest absolute Gasteiger partial charge is 0.306 e. The van der Waals surface area contributed by atoms with E-state index in [2.05, 4.69) is 69.2 Å². The summed E-state index contributed by atoms with van der Waals surface area (Å²) in [4.78, 5) is 26.1. The molecule has 2 aromatic rings. The minimum atomic E-state index is -0.548. The zero-order chi connectivity index (χ0) is 42.4. The highest BCUT2D eigenvalue weighted by molar-refractivity contribution is 5.70. The summed E-state index contributed by atoms with van der Waals surface area (Å²) in [6, 6.07) is 7.85. The van der Waals surface area contributed by atoms with Gasteiger partial charge in [-0.3, -0.25) is 9.59 Å². The average Bonchev–Trinajstić information content (AvgIpc) is 3.17. The van der Waals surface area contributed by atoms with E-state index in [9.17, 15) is 19.8 Å². The van der Waals surface area contributed by atoms with Gasteiger partial charge in [0.1, 0.15) is 24.7 Å². The van der Waals surface area contributed by atoms with Crippen molar-refractivity contribution in [3.63, 3.8) is 0 Å². The molecule has 2 aliphatic heterocycles. The first kappa shape index (κ1) is 46.5. The largest absolute Gasteiger partial charge is 0.507 e. The molecular weight excluding hydrogens is 725 g/mol. The minimum Gasteiger partial charge on any atom is -0.507 e. The summed E-state index contributed by atoms with van der Waals surface area (Å²) in [5, 5.41) is 21.2. The molecule has 2 fully saturated rings. The first-order valence-corrected chi connectivity index (χ1v) is 21.1. The van der Waals surface area contributed by atoms with Crippen molar-refractivity contribution >= 4 is 11.9 Å². The molecule has 0 atom stereocenters. The topological polar surface area (TPSA) is 130 Å². The number of carbonyl (C=O) groups is 2. The molecule has 0 radical (unpaired) electrons. The normalized spacial score (nSPS) is 20.8. The Kier molecular flexibility index (Phi) is 15.4. The van der Waals surface area contributed by atoms with Crippen LogP contribution in [0.5, 0.6) is 11.5 Å². The van der Waals surface area contributed by atoms with E-state index in [-0.39, 0.29) is 48.8 Å². The number of phenols is 2. The van der Waals surface area contributed by atoms with Gasteiger partial charge in [-0.05, 0) is 96.6 Å². The molecule has 0 amide bonds. The molecule has 2 heterocycles. The molecule has 2 N–H and O–H groups in total. The van der Waals surface area contributed by atoms with E-state index in [1.807, 2.05) is 38.1 Å². The second kappa shape index (κ2) is 18.8. The molecule has 0 aromatic heterocycles. The van der Waals surface area contributed by atoms with Crippen LogP contribution in [0.25, 0.3) is 0 Å². The van der Waals surface area contributed by atoms with Crippen molar-refractivity contribution in [1.82, 2.24) is 0 Å². The Bertz CT molecular complexity index is 1530. The number of aryl methyl sites for hydroxylation is 4. The molecule has 10 heteroatoms. The van der Waals surface area contributed by atoms with Crippen molar-refractivity contribution in [2.75, 3.05) is 39.6 Å². The summed E-state index contributed by atoms with van der Waals surface area (Å²) in [7, 11) is 0. The van der Waals surface area contributed by atoms with Crippen LogP contribution in [0.1, 0.15) is 141 Å². The van der Waals surface area contributed by atoms with Crippen LogP contribution in [0.2, 0.25) is 0 Å². The number of benzene rings is 2. The maximum Gasteiger partial charge on any atom is 0.306 e. The summed E-state index contributed by atoms with van der Waals surface area (Å²) in [5.74, 6) is 0.0595. The Hall–Kier alpha value is -3.18. The molecule has 0 aliphatic carbocycles. The van der Waals surface area contributed by atoms with Crippen molar-refractivity contribution in [3.05, 3.63) is 57.6 Å². The lowest BCUT2D eigenvalue weighted by atomic mass is 9.80. The van der Waals surface area contributed by atoms with Gasteiger partial charge in [0.05, 0.1) is 42.7 Å². The number of carbonyl (C=O) groups excluding carboxylic acids is 2. The first-order valence-electron chi connectivity index (χ1n) is 21.1. The van der Waals surface area contributed by atoms with Gasteiger partial charge >= 0.3 is 11.9 Å². The van der Waals surface area contributed by atoms with E-state index in [1.165, 1.54) is 0 Å². The van der Waals surface area contributed by atoms with Crippen LogP contribution in [0.3, 0.4) is 0 Å². The van der Waals surface area contributed by atoms with Gasteiger partial charge in [0.15, 0.2) is 12.6 Å². The Morgan fingerprint density at radius 3 is 1.21 bits per heavy atom. The first-order chi connectivity index (χ1) is 26.7. The van der Waals surface area contributed by atoms with Crippen LogP contribution in [0.4, 0.5) is 0 Å². The number of phenolic OH excluding ortho intramolecular Hbond substituents is 2. The van der Waals surface area contributed by atoms with Gasteiger partial charge < -0.3 is 38.6 Å². The van der Waals surface area contributed by atoms with Crippen LogP contribution in [0.15, 0.2) is 24.3 Å². The Morgan fingerprint density at radius 1 is 0.614 bits per heavy atom. The molecule has 0 bridgehead atoms. The number of esters is 2. The maximum atomic E-state index is 13.0. The van der Waals surface area contributed by atoms with Crippen LogP contribution < -0.4 is 0 Å². The summed E-state index contributed by atoms with van der Waals surface area (Å²) >= 11 is 0. The predicted octanol–water partition coefficient (Wildman–Crippen LogP) is 9.31. The van der Waals surface area contributed by atoms with Crippen molar-refractivity contribution in [1.29, 1.82) is 0 Å². The average molecular weight is 797 g/mol. The third-order valence-electron chi connectivity index (χ3n) is 12.6. The van der Waals surface area contributed by atoms with Crippen molar-refractivity contribution < 1.29 is 48.2 Å². The maximum absolute atomic E-state index is 13.0. The third-order valence-corrected chi connectivity index (χ3v) is 12.6. The van der Waals surface area contributed by atoms with Crippen molar-refractivity contribution in [2.24, 2.45) is 16.2 Å². The lowest BCUT2D eigenvalue weighted by Crippen LogP contribution is -2.58. The molecule has 2 aliphatic rings. The minimum absolute atomic E-state index is 0.189. The van der Waals surface area contributed by atoms with Gasteiger partial charge in [0.25, 0.3) is 0 Å². The number of hydrogen-bond donors (Lipinski definition) is 2. The van der Waals surface area contributed by atoms with E-state index in [0.29, 0.717) is 76.5 Å². The highest BCUT2D eigenvalue weighted by Gasteiger charge is 2.51. The summed E-state index contributed by atoms with van der Waals surface area (Å²) in [5.41, 5.74) is 3.40. The molecule has 4 rings (SSSR count). The van der Waals surface area contributed by atoms with Crippen LogP contribution in [-0.2, 0) is 61.7 Å². The zero-order valence-corrected chi connectivity index (χ0v) is 37.0. The fourth-order valence-corrected chi connectivity index (χ4v) is 8.00. The number of hydrogen-bond acceptors (Lipinski definition) is 10. The van der Waals surface area contributed by atoms with Gasteiger partial charge in [-0.1, -0.05) is 93.5 Å². The molecule has 57 heavy (non-hydrogen) atoms. The van der Waals surface area contributed by atoms with E-state index < -0.39 is 28.8 Å². The van der Waals surface area contributed by atoms with Gasteiger partial charge in [-0.2, -0.15) is 0 Å². The quantitative estimate of drug-likeness (QED) is 0.159. The fourth-order valence-electron chi connectivity index (χ4n) is 8.00. The van der Waals surface area contributed by atoms with Gasteiger partial charge in [0.2, 0.25) is 0 Å². The van der Waals surface area contributed by atoms with E-state index >= 15 is 0 Å². The molecule has 10 nitrogen and oxygen atoms in total. The fraction of sp³-hybridized carbons (Fsp3) is 0.702. The Labute approximate surface area is 342 Å². The molecule has 0 saturated carbocycles. The zero-order valence-electron chi connectivity index (χ0n) is 37.0. The van der Waals surface area contributed by atoms with Crippen LogP contribution in [0, 0.1) is 30.1 Å². The van der Waals surface area contributed by atoms with Gasteiger partial charge in [0, 0.05) is 12.8 Å². The standard InChI is InChI=1S/C47H72O10/c1-13-46(14-2,29-52-37(48)19-17-33-21-31(5)39(50)35(23-33)43(7,8)9)41-54-25-45(26-55-41)27-56-42(57-28-45)47(15-3,16-4)30-53-38(49)20-18-34-22-32(6)40(51)36(24-34)44(10,11)12/h21-24,41-42,50-51H,13-20,25-30H2,1-12H3. The van der Waals surface area contributed by atoms with Gasteiger partial charge in [-0.15, -0.1) is 0 Å². The number of rotatable bonds is 16. The summed E-state index contributed by atoms with van der Waals surface area (Å²) in [6.07, 6.45) is 3.23. The molecule has 2 saturated heterocycles. The molecular formula is C47H72O10.